The summed E-state index contributed by atoms with van der Waals surface area (Å²) in [4.78, 5) is 0. The Kier molecular flexibility index (Phi) is 4.19. The summed E-state index contributed by atoms with van der Waals surface area (Å²) in [6.45, 7) is 0. The number of aliphatic hydroxyl groups is 1. The molecule has 0 heterocycles. The molecule has 3 heteroatoms. The van der Waals surface area contributed by atoms with Crippen molar-refractivity contribution in [2.45, 2.75) is 3.81 Å². The Labute approximate surface area is 52.0 Å². The maximum absolute atomic E-state index is 8.36. The Balaban J connectivity index is 2.54. The van der Waals surface area contributed by atoms with E-state index in [0.717, 1.165) is 0 Å². The van der Waals surface area contributed by atoms with E-state index >= 15 is 0 Å². The van der Waals surface area contributed by atoms with Gasteiger partial charge in [0, 0.05) is 0 Å². The van der Waals surface area contributed by atoms with Crippen molar-refractivity contribution < 1.29 is 5.11 Å². The Hall–Kier alpha value is 1.19. The quantitative estimate of drug-likeness (QED) is 0.462. The Bertz CT molecular complexity index is 23.6. The second-order valence-electron chi connectivity index (χ2n) is 0.750. The molecule has 0 aromatic rings. The van der Waals surface area contributed by atoms with Gasteiger partial charge in [-0.1, -0.05) is 0 Å². The van der Waals surface area contributed by atoms with Crippen LogP contribution in [0.5, 0.6) is 0 Å². The molecular weight excluding hydrogens is 281 g/mol. The molecule has 5 heavy (non-hydrogen) atoms. The molecule has 0 aromatic carbocycles. The van der Waals surface area contributed by atoms with E-state index in [4.69, 9.17) is 5.11 Å². The first-order chi connectivity index (χ1) is 2.27. The van der Waals surface area contributed by atoms with Gasteiger partial charge in [-0.05, 0) is 0 Å². The van der Waals surface area contributed by atoms with E-state index in [1.54, 1.807) is 0 Å². The van der Waals surface area contributed by atoms with Gasteiger partial charge >= 0.3 is 52.0 Å². The van der Waals surface area contributed by atoms with Gasteiger partial charge < -0.3 is 0 Å². The Morgan fingerprint density at radius 2 is 2.20 bits per heavy atom. The summed E-state index contributed by atoms with van der Waals surface area (Å²) < 4.78 is -0.0849. The zero-order valence-corrected chi connectivity index (χ0v) is 8.14. The molecule has 1 N–H and O–H groups in total. The first-order valence-electron chi connectivity index (χ1n) is 1.32. The maximum atomic E-state index is 8.36. The average Bonchev–Trinajstić information content (AvgIpc) is 1.38. The molecule has 0 fully saturated rings. The predicted molar refractivity (Wildman–Crippen MR) is 28.4 cm³/mol. The topological polar surface area (TPSA) is 20.2 Å². The second-order valence-corrected chi connectivity index (χ2v) is 4.11. The summed E-state index contributed by atoms with van der Waals surface area (Å²) in [5.74, 6) is 0.630. The van der Waals surface area contributed by atoms with Gasteiger partial charge in [-0.3, -0.25) is 0 Å². The van der Waals surface area contributed by atoms with Gasteiger partial charge in [-0.2, -0.15) is 0 Å². The van der Waals surface area contributed by atoms with Gasteiger partial charge in [0.2, 0.25) is 0 Å². The van der Waals surface area contributed by atoms with Crippen LogP contribution in [0.4, 0.5) is 0 Å². The Morgan fingerprint density at radius 1 is 2.00 bits per heavy atom. The number of thiol groups is 1. The number of hydrogen-bond acceptors (Lipinski definition) is 2. The zero-order valence-electron chi connectivity index (χ0n) is 2.76. The van der Waals surface area contributed by atoms with E-state index in [-0.39, 0.29) is 3.81 Å². The van der Waals surface area contributed by atoms with E-state index in [2.05, 4.69) is 12.6 Å². The molecule has 0 bridgehead atoms. The van der Waals surface area contributed by atoms with Crippen molar-refractivity contribution in [3.63, 3.8) is 0 Å². The third-order valence-electron chi connectivity index (χ3n) is 0.187. The van der Waals surface area contributed by atoms with Crippen LogP contribution in [-0.4, -0.2) is 39.4 Å². The molecule has 1 nitrogen and oxygen atoms in total. The molecule has 0 amide bonds. The van der Waals surface area contributed by atoms with Gasteiger partial charge in [0.15, 0.2) is 0 Å². The molecule has 1 atom stereocenters. The van der Waals surface area contributed by atoms with Crippen LogP contribution in [0.2, 0.25) is 0 Å². The van der Waals surface area contributed by atoms with Crippen LogP contribution in [0.1, 0.15) is 0 Å². The van der Waals surface area contributed by atoms with Gasteiger partial charge in [0.1, 0.15) is 0 Å². The molecule has 0 aliphatic rings. The molecule has 0 rings (SSSR count). The van der Waals surface area contributed by atoms with Crippen molar-refractivity contribution in [3.8, 4) is 0 Å². The fourth-order valence-electron chi connectivity index (χ4n) is 0. The van der Waals surface area contributed by atoms with Crippen LogP contribution in [0.15, 0.2) is 0 Å². The standard InChI is InChI=1S/C2H5OS.Bi.2H/c3-1-2-4;;;/h1,3-4H,2H2;;;. The van der Waals surface area contributed by atoms with E-state index in [9.17, 15) is 0 Å². The van der Waals surface area contributed by atoms with Crippen molar-refractivity contribution in [2.24, 2.45) is 0 Å². The summed E-state index contributed by atoms with van der Waals surface area (Å²) in [7, 11) is 0. The third kappa shape index (κ3) is 5.19. The minimum absolute atomic E-state index is 0.0849. The van der Waals surface area contributed by atoms with Crippen LogP contribution in [0, 0.1) is 0 Å². The Morgan fingerprint density at radius 3 is 2.20 bits per heavy atom. The zero-order chi connectivity index (χ0) is 4.28. The molecule has 0 saturated carbocycles. The SMILES string of the molecule is O[CH]([BiH2])CS. The normalized spacial score (nSPS) is 15.0. The summed E-state index contributed by atoms with van der Waals surface area (Å²) >= 11 is 4.49. The number of rotatable bonds is 1. The minimum atomic E-state index is -0.0849. The van der Waals surface area contributed by atoms with Crippen LogP contribution in [0.25, 0.3) is 0 Å². The van der Waals surface area contributed by atoms with Gasteiger partial charge in [-0.25, -0.2) is 0 Å². The molecule has 0 aromatic heterocycles. The first-order valence-corrected chi connectivity index (χ1v) is 4.54. The van der Waals surface area contributed by atoms with Crippen LogP contribution in [-0.2, 0) is 0 Å². The molecule has 0 aliphatic carbocycles. The summed E-state index contributed by atoms with van der Waals surface area (Å²) in [5, 5.41) is 8.36. The van der Waals surface area contributed by atoms with Gasteiger partial charge in [-0.15, -0.1) is 0 Å². The molecule has 32 valence electrons. The van der Waals surface area contributed by atoms with E-state index < -0.39 is 0 Å². The first kappa shape index (κ1) is 6.19. The third-order valence-corrected chi connectivity index (χ3v) is 3.02. The fourth-order valence-corrected chi connectivity index (χ4v) is 0. The second kappa shape index (κ2) is 3.39. The summed E-state index contributed by atoms with van der Waals surface area (Å²) in [6.07, 6.45) is 0. The van der Waals surface area contributed by atoms with Crippen LogP contribution >= 0.6 is 12.6 Å². The van der Waals surface area contributed by atoms with E-state index in [1.165, 1.54) is 0 Å². The fraction of sp³-hybridized carbons (Fsp3) is 1.00. The van der Waals surface area contributed by atoms with E-state index in [1.807, 2.05) is 0 Å². The van der Waals surface area contributed by atoms with Gasteiger partial charge in [0.25, 0.3) is 0 Å². The monoisotopic (exact) mass is 288 g/mol. The van der Waals surface area contributed by atoms with E-state index in [0.29, 0.717) is 30.5 Å². The molecule has 0 saturated heterocycles. The van der Waals surface area contributed by atoms with Crippen molar-refractivity contribution >= 4 is 37.3 Å². The van der Waals surface area contributed by atoms with Crippen LogP contribution < -0.4 is 0 Å². The summed E-state index contributed by atoms with van der Waals surface area (Å²) in [5.41, 5.74) is 0. The number of aliphatic hydroxyl groups excluding tert-OH is 1. The average molecular weight is 288 g/mol. The molecule has 0 aliphatic heterocycles. The molecule has 0 radical (unpaired) electrons. The predicted octanol–water partition coefficient (Wildman–Crippen LogP) is -1.13. The van der Waals surface area contributed by atoms with Crippen molar-refractivity contribution in [1.29, 1.82) is 0 Å². The number of hydrogen-bond donors (Lipinski definition) is 2. The van der Waals surface area contributed by atoms with Crippen LogP contribution in [0.3, 0.4) is 0 Å². The van der Waals surface area contributed by atoms with Gasteiger partial charge in [0.05, 0.1) is 0 Å². The van der Waals surface area contributed by atoms with Crippen molar-refractivity contribution in [2.75, 3.05) is 5.75 Å². The molecule has 1 unspecified atom stereocenters. The summed E-state index contributed by atoms with van der Waals surface area (Å²) in [6, 6.07) is 0. The molecule has 0 spiro atoms. The van der Waals surface area contributed by atoms with Crippen molar-refractivity contribution in [1.82, 2.24) is 0 Å². The molecular formula is C2H7BiOS. The van der Waals surface area contributed by atoms with Crippen molar-refractivity contribution in [3.05, 3.63) is 0 Å².